The van der Waals surface area contributed by atoms with Gasteiger partial charge in [-0.15, -0.1) is 0 Å². The highest BCUT2D eigenvalue weighted by atomic mass is 17.1. The molecule has 0 aromatic heterocycles. The molecule has 0 atom stereocenters. The second-order valence-electron chi connectivity index (χ2n) is 8.12. The lowest BCUT2D eigenvalue weighted by Crippen LogP contribution is -1.88. The maximum atomic E-state index is 8.56. The van der Waals surface area contributed by atoms with Crippen LogP contribution in [0.2, 0.25) is 0 Å². The summed E-state index contributed by atoms with van der Waals surface area (Å²) >= 11 is 0. The molecule has 0 rings (SSSR count). The molecule has 0 saturated carbocycles. The molecule has 32 heavy (non-hydrogen) atoms. The van der Waals surface area contributed by atoms with E-state index >= 15 is 0 Å². The smallest absolute Gasteiger partial charge is 0.450 e. The highest BCUT2D eigenvalue weighted by Gasteiger charge is 1.95. The van der Waals surface area contributed by atoms with Gasteiger partial charge >= 0.3 is 12.3 Å². The maximum absolute atomic E-state index is 8.56. The maximum Gasteiger partial charge on any atom is 0.503 e. The zero-order chi connectivity index (χ0) is 24.7. The van der Waals surface area contributed by atoms with Gasteiger partial charge in [-0.2, -0.15) is 0 Å². The summed E-state index contributed by atoms with van der Waals surface area (Å²) in [6.07, 6.45) is 24.2. The Kier molecular flexibility index (Phi) is 37.3. The minimum Gasteiger partial charge on any atom is -0.450 e. The van der Waals surface area contributed by atoms with Crippen LogP contribution in [0.15, 0.2) is 0 Å². The first-order valence-electron chi connectivity index (χ1n) is 12.5. The molecular formula is C24H50O8. The minimum atomic E-state index is -1.83. The van der Waals surface area contributed by atoms with Gasteiger partial charge in [0.05, 0.1) is 6.61 Å². The number of carbonyl (C=O) groups is 2. The summed E-state index contributed by atoms with van der Waals surface area (Å²) in [4.78, 5) is 21.2. The molecule has 0 unspecified atom stereocenters. The fourth-order valence-corrected chi connectivity index (χ4v) is 3.42. The molecule has 194 valence electrons. The Morgan fingerprint density at radius 3 is 0.844 bits per heavy atom. The predicted octanol–water partition coefficient (Wildman–Crippen LogP) is 8.74. The van der Waals surface area contributed by atoms with E-state index in [1.807, 2.05) is 0 Å². The van der Waals surface area contributed by atoms with Gasteiger partial charge < -0.3 is 20.4 Å². The van der Waals surface area contributed by atoms with Crippen molar-refractivity contribution >= 4 is 12.3 Å². The summed E-state index contributed by atoms with van der Waals surface area (Å²) < 4.78 is 0. The van der Waals surface area contributed by atoms with Crippen LogP contribution in [0.3, 0.4) is 0 Å². The van der Waals surface area contributed by atoms with Crippen LogP contribution in [0.25, 0.3) is 0 Å². The average molecular weight is 467 g/mol. The number of carboxylic acid groups (broad SMARTS) is 4. The Morgan fingerprint density at radius 2 is 0.656 bits per heavy atom. The summed E-state index contributed by atoms with van der Waals surface area (Å²) in [7, 11) is 0. The first kappa shape index (κ1) is 35.1. The first-order chi connectivity index (χ1) is 15.4. The molecule has 0 aliphatic heterocycles. The third-order valence-corrected chi connectivity index (χ3v) is 5.09. The fraction of sp³-hybridized carbons (Fsp3) is 0.917. The molecule has 8 heteroatoms. The topological polar surface area (TPSA) is 145 Å². The van der Waals surface area contributed by atoms with E-state index in [0.717, 1.165) is 6.42 Å². The Labute approximate surface area is 194 Å². The summed E-state index contributed by atoms with van der Waals surface area (Å²) in [5.41, 5.74) is 0. The lowest BCUT2D eigenvalue weighted by molar-refractivity contribution is -0.242. The van der Waals surface area contributed by atoms with Gasteiger partial charge in [0.25, 0.3) is 0 Å². The highest BCUT2D eigenvalue weighted by Crippen LogP contribution is 2.14. The monoisotopic (exact) mass is 466 g/mol. The van der Waals surface area contributed by atoms with Gasteiger partial charge in [-0.05, 0) is 6.42 Å². The van der Waals surface area contributed by atoms with Crippen molar-refractivity contribution in [2.24, 2.45) is 0 Å². The molecule has 0 aromatic rings. The molecule has 0 aliphatic carbocycles. The van der Waals surface area contributed by atoms with Gasteiger partial charge in [0, 0.05) is 0 Å². The summed E-state index contributed by atoms with van der Waals surface area (Å²) in [6, 6.07) is 0. The van der Waals surface area contributed by atoms with Gasteiger partial charge in [-0.1, -0.05) is 129 Å². The van der Waals surface area contributed by atoms with E-state index in [1.54, 1.807) is 0 Å². The summed E-state index contributed by atoms with van der Waals surface area (Å²) in [6.45, 7) is 2.79. The van der Waals surface area contributed by atoms with E-state index in [-0.39, 0.29) is 0 Å². The van der Waals surface area contributed by atoms with E-state index in [1.165, 1.54) is 122 Å². The molecule has 0 bridgehead atoms. The van der Waals surface area contributed by atoms with Crippen molar-refractivity contribution in [2.45, 2.75) is 135 Å². The van der Waals surface area contributed by atoms with Crippen LogP contribution in [0.5, 0.6) is 0 Å². The van der Waals surface area contributed by atoms with Crippen LogP contribution in [0, 0.1) is 0 Å². The van der Waals surface area contributed by atoms with E-state index in [9.17, 15) is 0 Å². The molecule has 0 heterocycles. The zero-order valence-electron chi connectivity index (χ0n) is 20.3. The minimum absolute atomic E-state index is 0.499. The molecule has 0 fully saturated rings. The van der Waals surface area contributed by atoms with E-state index in [2.05, 4.69) is 11.8 Å². The van der Waals surface area contributed by atoms with Gasteiger partial charge in [0.15, 0.2) is 0 Å². The third-order valence-electron chi connectivity index (χ3n) is 5.09. The van der Waals surface area contributed by atoms with Gasteiger partial charge in [-0.3, -0.25) is 5.26 Å². The molecule has 0 aliphatic rings. The lowest BCUT2D eigenvalue weighted by Gasteiger charge is -2.04. The summed E-state index contributed by atoms with van der Waals surface area (Å²) in [5.74, 6) is 0. The van der Waals surface area contributed by atoms with Gasteiger partial charge in [-0.25, -0.2) is 14.5 Å². The predicted molar refractivity (Wildman–Crippen MR) is 128 cm³/mol. The van der Waals surface area contributed by atoms with Crippen LogP contribution in [0.4, 0.5) is 9.59 Å². The van der Waals surface area contributed by atoms with E-state index in [0.29, 0.717) is 6.61 Å². The number of rotatable bonds is 21. The standard InChI is InChI=1S/C22H46O2.2CH2O3/c1-2-3-4-5-6-7-8-9-10-11-12-13-14-15-16-17-18-19-20-21-22-24-23;2*2-1(3)4/h23H,2-22H2,1H3;2*(H2,2,3,4). The summed E-state index contributed by atoms with van der Waals surface area (Å²) in [5, 5.41) is 36.1. The molecule has 8 nitrogen and oxygen atoms in total. The molecule has 5 N–H and O–H groups in total. The van der Waals surface area contributed by atoms with Crippen molar-refractivity contribution in [3.05, 3.63) is 0 Å². The van der Waals surface area contributed by atoms with E-state index in [4.69, 9.17) is 35.3 Å². The molecular weight excluding hydrogens is 416 g/mol. The van der Waals surface area contributed by atoms with Crippen molar-refractivity contribution in [1.82, 2.24) is 0 Å². The Hall–Kier alpha value is -1.54. The van der Waals surface area contributed by atoms with Crippen molar-refractivity contribution in [1.29, 1.82) is 0 Å². The second-order valence-corrected chi connectivity index (χ2v) is 8.12. The van der Waals surface area contributed by atoms with Gasteiger partial charge in [0.1, 0.15) is 0 Å². The van der Waals surface area contributed by atoms with Gasteiger partial charge in [0.2, 0.25) is 0 Å². The van der Waals surface area contributed by atoms with Crippen LogP contribution in [-0.4, -0.2) is 44.6 Å². The van der Waals surface area contributed by atoms with Crippen molar-refractivity contribution < 1.29 is 40.2 Å². The van der Waals surface area contributed by atoms with Crippen LogP contribution in [-0.2, 0) is 4.89 Å². The van der Waals surface area contributed by atoms with Crippen LogP contribution < -0.4 is 0 Å². The second kappa shape index (κ2) is 34.1. The molecule has 0 aromatic carbocycles. The Balaban J connectivity index is -0.000000896. The quantitative estimate of drug-likeness (QED) is 0.0641. The zero-order valence-corrected chi connectivity index (χ0v) is 20.3. The average Bonchev–Trinajstić information content (AvgIpc) is 2.71. The highest BCUT2D eigenvalue weighted by molar-refractivity contribution is 5.53. The van der Waals surface area contributed by atoms with Crippen LogP contribution >= 0.6 is 0 Å². The number of hydrogen-bond donors (Lipinski definition) is 5. The number of unbranched alkanes of at least 4 members (excludes halogenated alkanes) is 19. The Bertz CT molecular complexity index is 322. The van der Waals surface area contributed by atoms with Crippen molar-refractivity contribution in [2.75, 3.05) is 6.61 Å². The third kappa shape index (κ3) is 56.7. The molecule has 0 amide bonds. The number of hydrogen-bond acceptors (Lipinski definition) is 4. The largest absolute Gasteiger partial charge is 0.503 e. The SMILES string of the molecule is CCCCCCCCCCCCCCCCCCCCCCOO.O=C(O)O.O=C(O)O. The lowest BCUT2D eigenvalue weighted by atomic mass is 10.0. The Morgan fingerprint density at radius 1 is 0.469 bits per heavy atom. The fourth-order valence-electron chi connectivity index (χ4n) is 3.42. The van der Waals surface area contributed by atoms with Crippen molar-refractivity contribution in [3.8, 4) is 0 Å². The molecule has 0 saturated heterocycles. The molecule has 0 spiro atoms. The normalized spacial score (nSPS) is 9.94. The van der Waals surface area contributed by atoms with E-state index < -0.39 is 12.3 Å². The van der Waals surface area contributed by atoms with Crippen molar-refractivity contribution in [3.63, 3.8) is 0 Å². The first-order valence-corrected chi connectivity index (χ1v) is 12.5. The molecule has 0 radical (unpaired) electrons. The van der Waals surface area contributed by atoms with Crippen LogP contribution in [0.1, 0.15) is 135 Å².